The zero-order valence-electron chi connectivity index (χ0n) is 20.3. The van der Waals surface area contributed by atoms with E-state index in [4.69, 9.17) is 18.9 Å². The second-order valence-corrected chi connectivity index (χ2v) is 8.03. The summed E-state index contributed by atoms with van der Waals surface area (Å²) < 4.78 is 21.6. The molecule has 1 N–H and O–H groups in total. The van der Waals surface area contributed by atoms with Crippen LogP contribution in [0.3, 0.4) is 0 Å². The van der Waals surface area contributed by atoms with Crippen LogP contribution in [0.25, 0.3) is 5.76 Å². The minimum absolute atomic E-state index is 0.00838. The first-order valence-corrected chi connectivity index (χ1v) is 11.3. The van der Waals surface area contributed by atoms with E-state index < -0.39 is 17.7 Å². The highest BCUT2D eigenvalue weighted by Gasteiger charge is 2.46. The van der Waals surface area contributed by atoms with Crippen molar-refractivity contribution < 1.29 is 33.6 Å². The minimum atomic E-state index is -0.828. The molecule has 186 valence electrons. The van der Waals surface area contributed by atoms with Gasteiger partial charge in [0.2, 0.25) is 0 Å². The van der Waals surface area contributed by atoms with E-state index in [1.54, 1.807) is 79.9 Å². The summed E-state index contributed by atoms with van der Waals surface area (Å²) in [7, 11) is 4.63. The molecule has 1 atom stereocenters. The zero-order chi connectivity index (χ0) is 25.7. The Morgan fingerprint density at radius 2 is 1.42 bits per heavy atom. The molecule has 0 spiro atoms. The summed E-state index contributed by atoms with van der Waals surface area (Å²) in [6.45, 7) is 0.256. The normalized spacial score (nSPS) is 16.6. The number of methoxy groups -OCH3 is 3. The number of carbonyl (C=O) groups is 2. The van der Waals surface area contributed by atoms with Crippen LogP contribution >= 0.6 is 0 Å². The highest BCUT2D eigenvalue weighted by Crippen LogP contribution is 2.40. The quantitative estimate of drug-likeness (QED) is 0.273. The smallest absolute Gasteiger partial charge is 0.295 e. The lowest BCUT2D eigenvalue weighted by Crippen LogP contribution is -2.33. The van der Waals surface area contributed by atoms with Gasteiger partial charge in [0.05, 0.1) is 39.5 Å². The maximum Gasteiger partial charge on any atom is 0.295 e. The molecule has 1 saturated heterocycles. The van der Waals surface area contributed by atoms with Crippen molar-refractivity contribution in [2.45, 2.75) is 6.04 Å². The number of ketones is 1. The van der Waals surface area contributed by atoms with Crippen LogP contribution < -0.4 is 18.9 Å². The van der Waals surface area contributed by atoms with Gasteiger partial charge >= 0.3 is 0 Å². The molecule has 1 fully saturated rings. The molecule has 1 heterocycles. The Kier molecular flexibility index (Phi) is 7.44. The Morgan fingerprint density at radius 3 is 2.08 bits per heavy atom. The molecular weight excluding hydrogens is 462 g/mol. The largest absolute Gasteiger partial charge is 0.507 e. The van der Waals surface area contributed by atoms with E-state index in [2.05, 4.69) is 0 Å². The highest BCUT2D eigenvalue weighted by atomic mass is 16.5. The number of benzene rings is 3. The number of amides is 1. The van der Waals surface area contributed by atoms with Crippen molar-refractivity contribution in [3.63, 3.8) is 0 Å². The van der Waals surface area contributed by atoms with Crippen molar-refractivity contribution in [2.75, 3.05) is 34.5 Å². The number of carbonyl (C=O) groups excluding carboxylic acids is 2. The fraction of sp³-hybridized carbons (Fsp3) is 0.214. The standard InChI is InChI=1S/C28H27NO7/c1-33-20-10-12-21(13-11-20)36-15-14-29-25(18-6-4-8-22(16-18)34-2)24(27(31)28(29)32)26(30)19-7-5-9-23(17-19)35-3/h4-13,16-17,25,30H,14-15H2,1-3H3/b26-24-. The molecule has 0 aliphatic carbocycles. The van der Waals surface area contributed by atoms with Gasteiger partial charge in [-0.3, -0.25) is 9.59 Å². The van der Waals surface area contributed by atoms with E-state index in [1.807, 2.05) is 0 Å². The summed E-state index contributed by atoms with van der Waals surface area (Å²) in [5.41, 5.74) is 0.989. The van der Waals surface area contributed by atoms with Crippen LogP contribution in [0.15, 0.2) is 78.4 Å². The van der Waals surface area contributed by atoms with Crippen LogP contribution in [0.4, 0.5) is 0 Å². The molecule has 0 aromatic heterocycles. The predicted molar refractivity (Wildman–Crippen MR) is 133 cm³/mol. The molecule has 1 amide bonds. The average molecular weight is 490 g/mol. The van der Waals surface area contributed by atoms with Gasteiger partial charge in [0.1, 0.15) is 35.4 Å². The fourth-order valence-electron chi connectivity index (χ4n) is 4.13. The number of aliphatic hydroxyl groups excluding tert-OH is 1. The van der Waals surface area contributed by atoms with Gasteiger partial charge in [0.15, 0.2) is 0 Å². The molecule has 8 heteroatoms. The monoisotopic (exact) mass is 489 g/mol. The topological polar surface area (TPSA) is 94.5 Å². The van der Waals surface area contributed by atoms with Crippen LogP contribution in [-0.2, 0) is 9.59 Å². The Bertz CT molecular complexity index is 1280. The summed E-state index contributed by atoms with van der Waals surface area (Å²) in [5.74, 6) is 0.607. The van der Waals surface area contributed by atoms with Crippen molar-refractivity contribution in [3.05, 3.63) is 89.5 Å². The number of rotatable bonds is 9. The third kappa shape index (κ3) is 4.98. The third-order valence-corrected chi connectivity index (χ3v) is 5.95. The number of Topliss-reactive ketones (excluding diaryl/α,β-unsaturated/α-hetero) is 1. The lowest BCUT2D eigenvalue weighted by atomic mass is 9.95. The van der Waals surface area contributed by atoms with Crippen LogP contribution in [-0.4, -0.2) is 56.2 Å². The molecule has 0 radical (unpaired) electrons. The molecule has 0 saturated carbocycles. The lowest BCUT2D eigenvalue weighted by Gasteiger charge is -2.25. The summed E-state index contributed by atoms with van der Waals surface area (Å²) in [6, 6.07) is 20.0. The fourth-order valence-corrected chi connectivity index (χ4v) is 4.13. The summed E-state index contributed by atoms with van der Waals surface area (Å²) in [5, 5.41) is 11.2. The van der Waals surface area contributed by atoms with Crippen molar-refractivity contribution >= 4 is 17.4 Å². The summed E-state index contributed by atoms with van der Waals surface area (Å²) in [6.07, 6.45) is 0. The van der Waals surface area contributed by atoms with Crippen LogP contribution in [0, 0.1) is 0 Å². The van der Waals surface area contributed by atoms with Crippen LogP contribution in [0.5, 0.6) is 23.0 Å². The van der Waals surface area contributed by atoms with Gasteiger partial charge < -0.3 is 29.0 Å². The van der Waals surface area contributed by atoms with Gasteiger partial charge in [0, 0.05) is 5.56 Å². The molecule has 3 aromatic rings. The van der Waals surface area contributed by atoms with Crippen molar-refractivity contribution in [1.29, 1.82) is 0 Å². The second kappa shape index (κ2) is 10.9. The van der Waals surface area contributed by atoms with Gasteiger partial charge in [-0.15, -0.1) is 0 Å². The first kappa shape index (κ1) is 24.7. The van der Waals surface area contributed by atoms with E-state index in [9.17, 15) is 14.7 Å². The lowest BCUT2D eigenvalue weighted by molar-refractivity contribution is -0.140. The van der Waals surface area contributed by atoms with Gasteiger partial charge in [-0.25, -0.2) is 0 Å². The molecule has 1 aliphatic heterocycles. The summed E-state index contributed by atoms with van der Waals surface area (Å²) in [4.78, 5) is 27.8. The zero-order valence-corrected chi connectivity index (χ0v) is 20.3. The number of hydrogen-bond acceptors (Lipinski definition) is 7. The van der Waals surface area contributed by atoms with Gasteiger partial charge in [-0.05, 0) is 54.1 Å². The average Bonchev–Trinajstić information content (AvgIpc) is 3.18. The molecule has 36 heavy (non-hydrogen) atoms. The second-order valence-electron chi connectivity index (χ2n) is 8.03. The summed E-state index contributed by atoms with van der Waals surface area (Å²) >= 11 is 0. The molecule has 0 bridgehead atoms. The van der Waals surface area contributed by atoms with E-state index in [1.165, 1.54) is 19.1 Å². The van der Waals surface area contributed by atoms with Gasteiger partial charge in [-0.1, -0.05) is 24.3 Å². The SMILES string of the molecule is COc1ccc(OCCN2C(=O)C(=O)/C(=C(\O)c3cccc(OC)c3)C2c2cccc(OC)c2)cc1. The number of likely N-dealkylation sites (tertiary alicyclic amines) is 1. The number of ether oxygens (including phenoxy) is 4. The maximum absolute atomic E-state index is 13.2. The molecule has 8 nitrogen and oxygen atoms in total. The predicted octanol–water partition coefficient (Wildman–Crippen LogP) is 4.21. The van der Waals surface area contributed by atoms with Crippen molar-refractivity contribution in [2.24, 2.45) is 0 Å². The Morgan fingerprint density at radius 1 is 0.806 bits per heavy atom. The Labute approximate surface area is 209 Å². The van der Waals surface area contributed by atoms with Crippen LogP contribution in [0.2, 0.25) is 0 Å². The first-order chi connectivity index (χ1) is 17.5. The number of hydrogen-bond donors (Lipinski definition) is 1. The minimum Gasteiger partial charge on any atom is -0.507 e. The molecule has 3 aromatic carbocycles. The van der Waals surface area contributed by atoms with Crippen LogP contribution in [0.1, 0.15) is 17.2 Å². The van der Waals surface area contributed by atoms with E-state index >= 15 is 0 Å². The number of aliphatic hydroxyl groups is 1. The maximum atomic E-state index is 13.2. The van der Waals surface area contributed by atoms with E-state index in [0.717, 1.165) is 0 Å². The van der Waals surface area contributed by atoms with E-state index in [0.29, 0.717) is 34.1 Å². The highest BCUT2D eigenvalue weighted by molar-refractivity contribution is 6.46. The number of nitrogens with zero attached hydrogens (tertiary/aromatic N) is 1. The Balaban J connectivity index is 1.69. The molecule has 1 unspecified atom stereocenters. The van der Waals surface area contributed by atoms with E-state index in [-0.39, 0.29) is 24.5 Å². The third-order valence-electron chi connectivity index (χ3n) is 5.95. The van der Waals surface area contributed by atoms with Gasteiger partial charge in [0.25, 0.3) is 11.7 Å². The molecule has 1 aliphatic rings. The Hall–Kier alpha value is -4.46. The first-order valence-electron chi connectivity index (χ1n) is 11.3. The van der Waals surface area contributed by atoms with Crippen molar-refractivity contribution in [1.82, 2.24) is 4.90 Å². The van der Waals surface area contributed by atoms with Crippen molar-refractivity contribution in [3.8, 4) is 23.0 Å². The molecule has 4 rings (SSSR count). The van der Waals surface area contributed by atoms with Gasteiger partial charge in [-0.2, -0.15) is 0 Å². The molecular formula is C28H27NO7.